The number of carbonyl (C=O) groups excluding carboxylic acids is 2. The van der Waals surface area contributed by atoms with E-state index >= 15 is 0 Å². The van der Waals surface area contributed by atoms with Crippen LogP contribution < -0.4 is 0 Å². The van der Waals surface area contributed by atoms with Crippen LogP contribution in [0.15, 0.2) is 0 Å². The van der Waals surface area contributed by atoms with E-state index in [2.05, 4.69) is 6.92 Å². The van der Waals surface area contributed by atoms with Gasteiger partial charge in [-0.05, 0) is 19.8 Å². The lowest BCUT2D eigenvalue weighted by molar-refractivity contribution is -0.126. The molecule has 3 nitrogen and oxygen atoms in total. The lowest BCUT2D eigenvalue weighted by Crippen LogP contribution is -2.17. The second-order valence-corrected chi connectivity index (χ2v) is 4.08. The van der Waals surface area contributed by atoms with Crippen molar-refractivity contribution in [3.8, 4) is 0 Å². The first-order valence-electron chi connectivity index (χ1n) is 5.81. The molecule has 1 amide bonds. The summed E-state index contributed by atoms with van der Waals surface area (Å²) in [6.07, 6.45) is 6.05. The molecule has 1 aliphatic heterocycles. The van der Waals surface area contributed by atoms with Crippen LogP contribution in [0, 0.1) is 0 Å². The topological polar surface area (TPSA) is 37.4 Å². The third kappa shape index (κ3) is 8.16. The van der Waals surface area contributed by atoms with Gasteiger partial charge in [-0.1, -0.05) is 19.8 Å². The molecule has 15 heavy (non-hydrogen) atoms. The van der Waals surface area contributed by atoms with Gasteiger partial charge in [0.05, 0.1) is 0 Å². The Kier molecular flexibility index (Phi) is 7.96. The summed E-state index contributed by atoms with van der Waals surface area (Å²) in [4.78, 5) is 22.6. The molecule has 3 heteroatoms. The number of ketones is 1. The van der Waals surface area contributed by atoms with Gasteiger partial charge < -0.3 is 9.69 Å². The molecule has 1 fully saturated rings. The predicted molar refractivity (Wildman–Crippen MR) is 61.7 cm³/mol. The van der Waals surface area contributed by atoms with Gasteiger partial charge >= 0.3 is 0 Å². The van der Waals surface area contributed by atoms with E-state index in [0.717, 1.165) is 32.2 Å². The van der Waals surface area contributed by atoms with Gasteiger partial charge in [-0.25, -0.2) is 0 Å². The molecule has 0 spiro atoms. The highest BCUT2D eigenvalue weighted by atomic mass is 16.2. The zero-order valence-electron chi connectivity index (χ0n) is 10.2. The molecule has 1 saturated heterocycles. The number of hydrogen-bond donors (Lipinski definition) is 0. The van der Waals surface area contributed by atoms with Gasteiger partial charge in [0.25, 0.3) is 0 Å². The number of nitrogens with zero attached hydrogens (tertiary/aromatic N) is 1. The largest absolute Gasteiger partial charge is 0.346 e. The number of amides is 1. The van der Waals surface area contributed by atoms with Crippen LogP contribution in [0.5, 0.6) is 0 Å². The quantitative estimate of drug-likeness (QED) is 0.672. The van der Waals surface area contributed by atoms with Crippen molar-refractivity contribution in [2.75, 3.05) is 13.6 Å². The summed E-state index contributed by atoms with van der Waals surface area (Å²) in [6.45, 7) is 4.74. The Bertz CT molecular complexity index is 202. The van der Waals surface area contributed by atoms with Crippen LogP contribution in [0.4, 0.5) is 0 Å². The maximum absolute atomic E-state index is 10.5. The normalized spacial score (nSPS) is 14.9. The van der Waals surface area contributed by atoms with E-state index in [0.29, 0.717) is 11.7 Å². The van der Waals surface area contributed by atoms with Crippen molar-refractivity contribution < 1.29 is 9.59 Å². The average Bonchev–Trinajstić information content (AvgIpc) is 2.52. The molecule has 0 aliphatic carbocycles. The van der Waals surface area contributed by atoms with Crippen LogP contribution >= 0.6 is 0 Å². The second-order valence-electron chi connectivity index (χ2n) is 4.08. The third-order valence-corrected chi connectivity index (χ3v) is 2.44. The average molecular weight is 213 g/mol. The molecule has 0 aromatic carbocycles. The molecule has 88 valence electrons. The molecule has 1 aliphatic rings. The lowest BCUT2D eigenvalue weighted by Gasteiger charge is -2.03. The van der Waals surface area contributed by atoms with E-state index < -0.39 is 0 Å². The highest BCUT2D eigenvalue weighted by molar-refractivity contribution is 5.77. The second kappa shape index (κ2) is 8.45. The standard InChI is InChI=1S/C7H14O.C5H9NO/c1-3-4-5-6-7(2)8;1-6-4-2-3-5(6)7/h3-6H2,1-2H3;2-4H2,1H3. The monoisotopic (exact) mass is 213 g/mol. The Balaban J connectivity index is 0.000000262. The fourth-order valence-corrected chi connectivity index (χ4v) is 1.41. The van der Waals surface area contributed by atoms with E-state index in [9.17, 15) is 9.59 Å². The summed E-state index contributed by atoms with van der Waals surface area (Å²) in [5, 5.41) is 0. The Morgan fingerprint density at radius 3 is 2.33 bits per heavy atom. The Hall–Kier alpha value is -0.860. The summed E-state index contributed by atoms with van der Waals surface area (Å²) in [5.74, 6) is 0.610. The zero-order valence-corrected chi connectivity index (χ0v) is 10.2. The first-order valence-corrected chi connectivity index (χ1v) is 5.81. The molecule has 1 rings (SSSR count). The minimum absolute atomic E-state index is 0.292. The minimum atomic E-state index is 0.292. The molecule has 0 unspecified atom stereocenters. The maximum atomic E-state index is 10.5. The van der Waals surface area contributed by atoms with Crippen LogP contribution in [0.2, 0.25) is 0 Å². The van der Waals surface area contributed by atoms with Gasteiger partial charge in [-0.15, -0.1) is 0 Å². The van der Waals surface area contributed by atoms with Gasteiger partial charge in [0.15, 0.2) is 0 Å². The van der Waals surface area contributed by atoms with E-state index in [1.165, 1.54) is 12.8 Å². The summed E-state index contributed by atoms with van der Waals surface area (Å²) < 4.78 is 0. The van der Waals surface area contributed by atoms with Crippen molar-refractivity contribution in [3.63, 3.8) is 0 Å². The van der Waals surface area contributed by atoms with E-state index in [-0.39, 0.29) is 0 Å². The zero-order chi connectivity index (χ0) is 11.7. The minimum Gasteiger partial charge on any atom is -0.346 e. The molecule has 0 radical (unpaired) electrons. The molecule has 0 aromatic heterocycles. The summed E-state index contributed by atoms with van der Waals surface area (Å²) >= 11 is 0. The lowest BCUT2D eigenvalue weighted by atomic mass is 10.2. The molecule has 0 N–H and O–H groups in total. The summed E-state index contributed by atoms with van der Waals surface area (Å²) in [5.41, 5.74) is 0. The fourth-order valence-electron chi connectivity index (χ4n) is 1.41. The van der Waals surface area contributed by atoms with E-state index in [4.69, 9.17) is 0 Å². The predicted octanol–water partition coefficient (Wildman–Crippen LogP) is 2.39. The van der Waals surface area contributed by atoms with Gasteiger partial charge in [-0.3, -0.25) is 4.79 Å². The fraction of sp³-hybridized carbons (Fsp3) is 0.833. The molecule has 0 bridgehead atoms. The van der Waals surface area contributed by atoms with Crippen molar-refractivity contribution >= 4 is 11.7 Å². The van der Waals surface area contributed by atoms with Crippen LogP contribution in [-0.4, -0.2) is 30.2 Å². The van der Waals surface area contributed by atoms with Crippen molar-refractivity contribution in [2.24, 2.45) is 0 Å². The highest BCUT2D eigenvalue weighted by Gasteiger charge is 2.14. The van der Waals surface area contributed by atoms with Crippen LogP contribution in [0.25, 0.3) is 0 Å². The SMILES string of the molecule is CCCCCC(C)=O.CN1CCCC1=O. The van der Waals surface area contributed by atoms with Crippen LogP contribution in [0.1, 0.15) is 52.4 Å². The first-order chi connectivity index (χ1) is 7.07. The molecule has 0 aromatic rings. The van der Waals surface area contributed by atoms with Gasteiger partial charge in [0.2, 0.25) is 5.91 Å². The van der Waals surface area contributed by atoms with Gasteiger partial charge in [-0.2, -0.15) is 0 Å². The number of Topliss-reactive ketones (excluding diaryl/α,β-unsaturated/α-hetero) is 1. The number of unbranched alkanes of at least 4 members (excludes halogenated alkanes) is 2. The van der Waals surface area contributed by atoms with Crippen LogP contribution in [-0.2, 0) is 9.59 Å². The Morgan fingerprint density at radius 2 is 2.07 bits per heavy atom. The van der Waals surface area contributed by atoms with Crippen molar-refractivity contribution in [2.45, 2.75) is 52.4 Å². The maximum Gasteiger partial charge on any atom is 0.222 e. The molecular formula is C12H23NO2. The number of carbonyl (C=O) groups is 2. The van der Waals surface area contributed by atoms with Crippen molar-refractivity contribution in [3.05, 3.63) is 0 Å². The highest BCUT2D eigenvalue weighted by Crippen LogP contribution is 2.04. The Labute approximate surface area is 92.8 Å². The van der Waals surface area contributed by atoms with E-state index in [1.807, 2.05) is 7.05 Å². The number of rotatable bonds is 4. The first kappa shape index (κ1) is 14.1. The van der Waals surface area contributed by atoms with Crippen molar-refractivity contribution in [1.29, 1.82) is 0 Å². The third-order valence-electron chi connectivity index (χ3n) is 2.44. The van der Waals surface area contributed by atoms with Crippen LogP contribution in [0.3, 0.4) is 0 Å². The molecular weight excluding hydrogens is 190 g/mol. The van der Waals surface area contributed by atoms with Crippen molar-refractivity contribution in [1.82, 2.24) is 4.90 Å². The number of likely N-dealkylation sites (tertiary alicyclic amines) is 1. The molecule has 0 saturated carbocycles. The Morgan fingerprint density at radius 1 is 1.40 bits per heavy atom. The molecule has 0 atom stereocenters. The molecule has 1 heterocycles. The summed E-state index contributed by atoms with van der Waals surface area (Å²) in [7, 11) is 1.84. The van der Waals surface area contributed by atoms with Gasteiger partial charge in [0, 0.05) is 26.4 Å². The van der Waals surface area contributed by atoms with Gasteiger partial charge in [0.1, 0.15) is 5.78 Å². The summed E-state index contributed by atoms with van der Waals surface area (Å²) in [6, 6.07) is 0. The number of hydrogen-bond acceptors (Lipinski definition) is 2. The smallest absolute Gasteiger partial charge is 0.222 e. The van der Waals surface area contributed by atoms with E-state index in [1.54, 1.807) is 11.8 Å².